The Hall–Kier alpha value is 0.0600. The summed E-state index contributed by atoms with van der Waals surface area (Å²) in [5, 5.41) is 0. The molecule has 0 fully saturated rings. The fraction of sp³-hybridized carbons (Fsp3) is 0.467. The number of rotatable bonds is 4. The van der Waals surface area contributed by atoms with Gasteiger partial charge in [-0.25, -0.2) is 0 Å². The van der Waals surface area contributed by atoms with Gasteiger partial charge in [0.05, 0.1) is 0 Å². The minimum atomic E-state index is -1.40. The first-order valence-corrected chi connectivity index (χ1v) is 15.3. The van der Waals surface area contributed by atoms with Crippen molar-refractivity contribution < 1.29 is 20.4 Å². The second kappa shape index (κ2) is 6.29. The van der Waals surface area contributed by atoms with E-state index < -0.39 is 20.4 Å². The van der Waals surface area contributed by atoms with Gasteiger partial charge in [0.15, 0.2) is 0 Å². The molecule has 0 atom stereocenters. The summed E-state index contributed by atoms with van der Waals surface area (Å²) in [6.07, 6.45) is 17.3. The molecule has 0 spiro atoms. The van der Waals surface area contributed by atoms with Gasteiger partial charge in [0.1, 0.15) is 0 Å². The van der Waals surface area contributed by atoms with Crippen LogP contribution in [-0.2, 0) is 20.4 Å². The average molecular weight is 322 g/mol. The Bertz CT molecular complexity index is 457. The van der Waals surface area contributed by atoms with E-state index >= 15 is 0 Å². The Morgan fingerprint density at radius 1 is 1.24 bits per heavy atom. The van der Waals surface area contributed by atoms with Crippen LogP contribution in [0, 0.1) is 0 Å². The van der Waals surface area contributed by atoms with Gasteiger partial charge < -0.3 is 0 Å². The second-order valence-corrected chi connectivity index (χ2v) is 22.4. The first kappa shape index (κ1) is 13.5. The maximum absolute atomic E-state index is 2.58. The molecular weight excluding hydrogens is 299 g/mol. The Kier molecular flexibility index (Phi) is 4.99. The van der Waals surface area contributed by atoms with E-state index in [-0.39, 0.29) is 5.43 Å². The van der Waals surface area contributed by atoms with Gasteiger partial charge in [-0.3, -0.25) is 0 Å². The minimum absolute atomic E-state index is 0.0899. The van der Waals surface area contributed by atoms with Gasteiger partial charge in [-0.1, -0.05) is 0 Å². The van der Waals surface area contributed by atoms with Gasteiger partial charge in [-0.2, -0.15) is 0 Å². The average Bonchev–Trinajstić information content (AvgIpc) is 2.91. The van der Waals surface area contributed by atoms with Crippen molar-refractivity contribution in [1.29, 1.82) is 0 Å². The molecule has 0 saturated carbocycles. The molecule has 90 valence electrons. The van der Waals surface area contributed by atoms with Crippen LogP contribution < -0.4 is 0 Å². The zero-order valence-electron chi connectivity index (χ0n) is 11.2. The van der Waals surface area contributed by atoms with Crippen molar-refractivity contribution >= 4 is 5.43 Å². The molecule has 2 aliphatic carbocycles. The molecule has 0 bridgehead atoms. The summed E-state index contributed by atoms with van der Waals surface area (Å²) in [6, 6.07) is 0. The standard InChI is InChI=1S/C8H11.C5H5.C2H6Si.Zr/c1-2-5-8-6-3-4-7-8;1-2-4-5-3-1;1-3-2;/h6-7H,2-3,5H2,1H3;1-3H,4H2;1-2H3;. The molecule has 17 heavy (non-hydrogen) atoms. The van der Waals surface area contributed by atoms with Gasteiger partial charge in [-0.15, -0.1) is 0 Å². The number of hydrogen-bond acceptors (Lipinski definition) is 0. The third-order valence-corrected chi connectivity index (χ3v) is 20.5. The third kappa shape index (κ3) is 3.29. The predicted molar refractivity (Wildman–Crippen MR) is 75.0 cm³/mol. The summed E-state index contributed by atoms with van der Waals surface area (Å²) >= 11 is -1.40. The SMILES string of the molecule is CCCC1=CC[C]([Zr]([C]2=CC=CC2)=[Si](C)C)=C1. The monoisotopic (exact) mass is 320 g/mol. The Morgan fingerprint density at radius 3 is 2.65 bits per heavy atom. The summed E-state index contributed by atoms with van der Waals surface area (Å²) < 4.78 is 3.73. The van der Waals surface area contributed by atoms with E-state index in [0.29, 0.717) is 0 Å². The Balaban J connectivity index is 2.21. The quantitative estimate of drug-likeness (QED) is 0.658. The topological polar surface area (TPSA) is 0 Å². The summed E-state index contributed by atoms with van der Waals surface area (Å²) in [7, 11) is 0. The van der Waals surface area contributed by atoms with Crippen LogP contribution in [0.1, 0.15) is 32.6 Å². The molecule has 0 nitrogen and oxygen atoms in total. The Labute approximate surface area is 113 Å². The van der Waals surface area contributed by atoms with Gasteiger partial charge >= 0.3 is 114 Å². The molecule has 0 aromatic rings. The van der Waals surface area contributed by atoms with Crippen molar-refractivity contribution in [1.82, 2.24) is 0 Å². The summed E-state index contributed by atoms with van der Waals surface area (Å²) in [5.41, 5.74) is 1.53. The van der Waals surface area contributed by atoms with Gasteiger partial charge in [0, 0.05) is 0 Å². The van der Waals surface area contributed by atoms with Crippen LogP contribution in [0.25, 0.3) is 0 Å². The molecule has 0 aliphatic heterocycles. The zero-order valence-corrected chi connectivity index (χ0v) is 14.7. The van der Waals surface area contributed by atoms with Crippen molar-refractivity contribution in [2.75, 3.05) is 0 Å². The maximum atomic E-state index is 2.58. The van der Waals surface area contributed by atoms with Crippen LogP contribution >= 0.6 is 0 Å². The van der Waals surface area contributed by atoms with E-state index in [2.05, 4.69) is 50.4 Å². The van der Waals surface area contributed by atoms with Gasteiger partial charge in [0.2, 0.25) is 0 Å². The molecular formula is C15H22SiZr. The molecule has 0 aromatic heterocycles. The van der Waals surface area contributed by atoms with E-state index in [0.717, 1.165) is 0 Å². The van der Waals surface area contributed by atoms with Crippen LogP contribution in [0.4, 0.5) is 0 Å². The first-order chi connectivity index (χ1) is 8.22. The van der Waals surface area contributed by atoms with Crippen molar-refractivity contribution in [3.8, 4) is 0 Å². The van der Waals surface area contributed by atoms with E-state index in [4.69, 9.17) is 0 Å². The van der Waals surface area contributed by atoms with Crippen LogP contribution in [0.5, 0.6) is 0 Å². The number of allylic oxidation sites excluding steroid dienone is 8. The molecule has 2 heteroatoms. The van der Waals surface area contributed by atoms with Crippen molar-refractivity contribution in [2.24, 2.45) is 0 Å². The van der Waals surface area contributed by atoms with Crippen LogP contribution in [0.3, 0.4) is 0 Å². The molecule has 0 amide bonds. The first-order valence-electron chi connectivity index (χ1n) is 6.66. The predicted octanol–water partition coefficient (Wildman–Crippen LogP) is 4.71. The van der Waals surface area contributed by atoms with E-state index in [1.165, 1.54) is 25.7 Å². The second-order valence-electron chi connectivity index (χ2n) is 5.10. The summed E-state index contributed by atoms with van der Waals surface area (Å²) in [5.74, 6) is 0. The van der Waals surface area contributed by atoms with Gasteiger partial charge in [0.25, 0.3) is 0 Å². The zero-order chi connectivity index (χ0) is 12.3. The summed E-state index contributed by atoms with van der Waals surface area (Å²) in [4.78, 5) is 0. The molecule has 2 aliphatic rings. The van der Waals surface area contributed by atoms with E-state index in [1.54, 1.807) is 5.57 Å². The van der Waals surface area contributed by atoms with Crippen LogP contribution in [0.15, 0.2) is 42.5 Å². The molecule has 0 N–H and O–H groups in total. The molecule has 0 heterocycles. The number of hydrogen-bond donors (Lipinski definition) is 0. The van der Waals surface area contributed by atoms with Crippen LogP contribution in [-0.4, -0.2) is 5.43 Å². The molecule has 0 unspecified atom stereocenters. The Morgan fingerprint density at radius 2 is 2.06 bits per heavy atom. The fourth-order valence-electron chi connectivity index (χ4n) is 2.70. The third-order valence-electron chi connectivity index (χ3n) is 3.40. The van der Waals surface area contributed by atoms with Gasteiger partial charge in [-0.05, 0) is 0 Å². The van der Waals surface area contributed by atoms with Crippen LogP contribution in [0.2, 0.25) is 13.1 Å². The summed E-state index contributed by atoms with van der Waals surface area (Å²) in [6.45, 7) is 7.36. The van der Waals surface area contributed by atoms with E-state index in [9.17, 15) is 0 Å². The van der Waals surface area contributed by atoms with Crippen molar-refractivity contribution in [3.05, 3.63) is 42.5 Å². The molecule has 0 saturated heterocycles. The fourth-order valence-corrected chi connectivity index (χ4v) is 19.6. The van der Waals surface area contributed by atoms with E-state index in [1.807, 2.05) is 6.56 Å². The van der Waals surface area contributed by atoms with Crippen molar-refractivity contribution in [2.45, 2.75) is 45.7 Å². The van der Waals surface area contributed by atoms with Crippen molar-refractivity contribution in [3.63, 3.8) is 0 Å². The molecule has 2 rings (SSSR count). The molecule has 0 radical (unpaired) electrons. The normalized spacial score (nSPS) is 17.9. The molecule has 0 aromatic carbocycles.